The zero-order valence-electron chi connectivity index (χ0n) is 7.59. The molecule has 0 amide bonds. The molecule has 0 unspecified atom stereocenters. The normalized spacial score (nSPS) is 10.3. The molecule has 0 bridgehead atoms. The van der Waals surface area contributed by atoms with Crippen molar-refractivity contribution >= 4 is 34.3 Å². The summed E-state index contributed by atoms with van der Waals surface area (Å²) in [5.41, 5.74) is 0. The molecule has 0 N–H and O–H groups in total. The third-order valence-corrected chi connectivity index (χ3v) is 2.25. The molecule has 0 aliphatic heterocycles. The fourth-order valence-electron chi connectivity index (χ4n) is 0.690. The lowest BCUT2D eigenvalue weighted by Gasteiger charge is -1.93. The second-order valence-electron chi connectivity index (χ2n) is 2.46. The van der Waals surface area contributed by atoms with Crippen molar-refractivity contribution in [3.8, 4) is 0 Å². The van der Waals surface area contributed by atoms with E-state index in [2.05, 4.69) is 4.74 Å². The van der Waals surface area contributed by atoms with Crippen molar-refractivity contribution in [1.29, 1.82) is 0 Å². The Hall–Kier alpha value is -0.390. The van der Waals surface area contributed by atoms with E-state index in [9.17, 15) is 9.59 Å². The summed E-state index contributed by atoms with van der Waals surface area (Å²) in [6.07, 6.45) is 5.11. The monoisotopic (exact) mass is 296 g/mol. The number of esters is 1. The van der Waals surface area contributed by atoms with Crippen LogP contribution in [0.15, 0.2) is 12.2 Å². The summed E-state index contributed by atoms with van der Waals surface area (Å²) in [6.45, 7) is 0. The van der Waals surface area contributed by atoms with Crippen LogP contribution >= 0.6 is 22.6 Å². The number of methoxy groups -OCH3 is 1. The smallest absolute Gasteiger partial charge is 0.305 e. The van der Waals surface area contributed by atoms with Crippen molar-refractivity contribution < 1.29 is 14.3 Å². The Morgan fingerprint density at radius 1 is 1.38 bits per heavy atom. The Kier molecular flexibility index (Phi) is 7.97. The van der Waals surface area contributed by atoms with Gasteiger partial charge in [0.1, 0.15) is 5.78 Å². The molecule has 0 aromatic rings. The minimum absolute atomic E-state index is 0.204. The van der Waals surface area contributed by atoms with Crippen molar-refractivity contribution in [2.24, 2.45) is 0 Å². The largest absolute Gasteiger partial charge is 0.469 e. The van der Waals surface area contributed by atoms with E-state index in [1.54, 1.807) is 6.08 Å². The van der Waals surface area contributed by atoms with Gasteiger partial charge in [-0.3, -0.25) is 9.59 Å². The molecule has 0 saturated heterocycles. The Balaban J connectivity index is 3.42. The minimum Gasteiger partial charge on any atom is -0.469 e. The molecule has 4 heteroatoms. The van der Waals surface area contributed by atoms with Crippen LogP contribution in [0.25, 0.3) is 0 Å². The van der Waals surface area contributed by atoms with Gasteiger partial charge < -0.3 is 4.74 Å². The lowest BCUT2D eigenvalue weighted by Crippen LogP contribution is -1.98. The number of carbonyl (C=O) groups is 2. The van der Waals surface area contributed by atoms with Gasteiger partial charge in [-0.2, -0.15) is 0 Å². The van der Waals surface area contributed by atoms with Gasteiger partial charge in [0.15, 0.2) is 0 Å². The van der Waals surface area contributed by atoms with Crippen molar-refractivity contribution in [1.82, 2.24) is 0 Å². The number of hydrogen-bond donors (Lipinski definition) is 0. The number of Topliss-reactive ketones (excluding diaryl/α,β-unsaturated/α-hetero) is 1. The molecule has 74 valence electrons. The average Bonchev–Trinajstić information content (AvgIpc) is 2.16. The van der Waals surface area contributed by atoms with E-state index in [0.717, 1.165) is 0 Å². The van der Waals surface area contributed by atoms with Crippen molar-refractivity contribution in [2.45, 2.75) is 19.3 Å². The Morgan fingerprint density at radius 3 is 2.62 bits per heavy atom. The predicted molar refractivity (Wildman–Crippen MR) is 58.9 cm³/mol. The highest BCUT2D eigenvalue weighted by Crippen LogP contribution is 1.96. The SMILES string of the molecule is COC(=O)CC/C=C\CC(=O)CI. The van der Waals surface area contributed by atoms with Gasteiger partial charge in [-0.1, -0.05) is 34.7 Å². The van der Waals surface area contributed by atoms with E-state index < -0.39 is 0 Å². The zero-order chi connectivity index (χ0) is 10.1. The highest BCUT2D eigenvalue weighted by Gasteiger charge is 1.96. The molecule has 0 radical (unpaired) electrons. The van der Waals surface area contributed by atoms with E-state index in [-0.39, 0.29) is 11.8 Å². The van der Waals surface area contributed by atoms with Crippen LogP contribution in [0.3, 0.4) is 0 Å². The summed E-state index contributed by atoms with van der Waals surface area (Å²) >= 11 is 2.03. The molecule has 0 spiro atoms. The maximum absolute atomic E-state index is 10.8. The summed E-state index contributed by atoms with van der Waals surface area (Å²) in [5.74, 6) is -0.0141. The van der Waals surface area contributed by atoms with Gasteiger partial charge in [0.25, 0.3) is 0 Å². The number of ketones is 1. The highest BCUT2D eigenvalue weighted by molar-refractivity contribution is 14.1. The number of rotatable bonds is 6. The van der Waals surface area contributed by atoms with Gasteiger partial charge >= 0.3 is 5.97 Å². The maximum Gasteiger partial charge on any atom is 0.305 e. The third kappa shape index (κ3) is 7.95. The number of ether oxygens (including phenoxy) is 1. The summed E-state index contributed by atoms with van der Waals surface area (Å²) in [7, 11) is 1.37. The first-order valence-electron chi connectivity index (χ1n) is 4.00. The molecule has 3 nitrogen and oxygen atoms in total. The first-order chi connectivity index (χ1) is 6.20. The molecule has 0 rings (SSSR count). The number of allylic oxidation sites excluding steroid dienone is 2. The van der Waals surface area contributed by atoms with Gasteiger partial charge in [-0.15, -0.1) is 0 Å². The van der Waals surface area contributed by atoms with Crippen LogP contribution in [-0.4, -0.2) is 23.3 Å². The summed E-state index contributed by atoms with van der Waals surface area (Å²) < 4.78 is 5.00. The first kappa shape index (κ1) is 12.6. The average molecular weight is 296 g/mol. The standard InChI is InChI=1S/C9H13IO3/c1-13-9(12)6-4-2-3-5-8(11)7-10/h2-3H,4-7H2,1H3/b3-2-. The molecule has 0 aliphatic carbocycles. The van der Waals surface area contributed by atoms with Gasteiger partial charge in [0.2, 0.25) is 0 Å². The molecule has 0 aromatic carbocycles. The van der Waals surface area contributed by atoms with Gasteiger partial charge in [-0.25, -0.2) is 0 Å². The third-order valence-electron chi connectivity index (χ3n) is 1.40. The fourth-order valence-corrected chi connectivity index (χ4v) is 1.00. The van der Waals surface area contributed by atoms with E-state index in [4.69, 9.17) is 0 Å². The lowest BCUT2D eigenvalue weighted by molar-refractivity contribution is -0.140. The highest BCUT2D eigenvalue weighted by atomic mass is 127. The van der Waals surface area contributed by atoms with E-state index in [1.165, 1.54) is 7.11 Å². The van der Waals surface area contributed by atoms with Crippen LogP contribution < -0.4 is 0 Å². The van der Waals surface area contributed by atoms with E-state index >= 15 is 0 Å². The zero-order valence-corrected chi connectivity index (χ0v) is 9.74. The Labute approximate surface area is 91.7 Å². The van der Waals surface area contributed by atoms with Crippen LogP contribution in [-0.2, 0) is 14.3 Å². The van der Waals surface area contributed by atoms with E-state index in [0.29, 0.717) is 23.7 Å². The maximum atomic E-state index is 10.8. The molecule has 13 heavy (non-hydrogen) atoms. The van der Waals surface area contributed by atoms with Crippen molar-refractivity contribution in [3.05, 3.63) is 12.2 Å². The summed E-state index contributed by atoms with van der Waals surface area (Å²) in [5, 5.41) is 0. The molecule has 0 heterocycles. The number of carbonyl (C=O) groups excluding carboxylic acids is 2. The Morgan fingerprint density at radius 2 is 2.08 bits per heavy atom. The topological polar surface area (TPSA) is 43.4 Å². The van der Waals surface area contributed by atoms with Crippen LogP contribution in [0, 0.1) is 0 Å². The molecular weight excluding hydrogens is 283 g/mol. The molecule has 0 atom stereocenters. The van der Waals surface area contributed by atoms with Gasteiger partial charge in [-0.05, 0) is 6.42 Å². The molecule has 0 fully saturated rings. The van der Waals surface area contributed by atoms with Crippen LogP contribution in [0.1, 0.15) is 19.3 Å². The Bertz CT molecular complexity index is 199. The minimum atomic E-state index is -0.218. The number of hydrogen-bond acceptors (Lipinski definition) is 3. The molecule has 0 saturated carbocycles. The van der Waals surface area contributed by atoms with E-state index in [1.807, 2.05) is 28.7 Å². The first-order valence-corrected chi connectivity index (χ1v) is 5.52. The molecule has 0 aliphatic rings. The lowest BCUT2D eigenvalue weighted by atomic mass is 10.2. The molecular formula is C9H13IO3. The number of alkyl halides is 1. The van der Waals surface area contributed by atoms with Gasteiger partial charge in [0.05, 0.1) is 11.5 Å². The molecule has 0 aromatic heterocycles. The van der Waals surface area contributed by atoms with Crippen LogP contribution in [0.2, 0.25) is 0 Å². The quantitative estimate of drug-likeness (QED) is 0.325. The fraction of sp³-hybridized carbons (Fsp3) is 0.556. The van der Waals surface area contributed by atoms with Crippen LogP contribution in [0.5, 0.6) is 0 Å². The van der Waals surface area contributed by atoms with Gasteiger partial charge in [0, 0.05) is 12.8 Å². The second kappa shape index (κ2) is 8.22. The predicted octanol–water partition coefficient (Wildman–Crippen LogP) is 1.89. The second-order valence-corrected chi connectivity index (χ2v) is 3.23. The van der Waals surface area contributed by atoms with Crippen LogP contribution in [0.4, 0.5) is 0 Å². The van der Waals surface area contributed by atoms with Crippen molar-refractivity contribution in [2.75, 3.05) is 11.5 Å². The summed E-state index contributed by atoms with van der Waals surface area (Å²) in [6, 6.07) is 0. The summed E-state index contributed by atoms with van der Waals surface area (Å²) in [4.78, 5) is 21.5. The van der Waals surface area contributed by atoms with Crippen molar-refractivity contribution in [3.63, 3.8) is 0 Å². The number of halogens is 1.